The fourth-order valence-electron chi connectivity index (χ4n) is 5.25. The highest BCUT2D eigenvalue weighted by atomic mass is 16.4. The molecule has 0 aliphatic carbocycles. The Morgan fingerprint density at radius 3 is 2.42 bits per heavy atom. The van der Waals surface area contributed by atoms with Gasteiger partial charge < -0.3 is 20.2 Å². The van der Waals surface area contributed by atoms with E-state index >= 15 is 0 Å². The number of carbonyl (C=O) groups is 3. The first-order valence-electron chi connectivity index (χ1n) is 11.0. The van der Waals surface area contributed by atoms with E-state index in [0.717, 1.165) is 12.1 Å². The molecule has 0 bridgehead atoms. The Morgan fingerprint density at radius 1 is 1.19 bits per heavy atom. The van der Waals surface area contributed by atoms with Gasteiger partial charge in [0.25, 0.3) is 0 Å². The first kappa shape index (κ1) is 23.1. The Kier molecular flexibility index (Phi) is 6.34. The number of hydrogen-bond donors (Lipinski definition) is 2. The molecule has 1 aromatic heterocycles. The molecule has 1 aromatic rings. The summed E-state index contributed by atoms with van der Waals surface area (Å²) >= 11 is 0. The summed E-state index contributed by atoms with van der Waals surface area (Å²) in [6.07, 6.45) is 4.93. The van der Waals surface area contributed by atoms with Crippen molar-refractivity contribution in [1.82, 2.24) is 24.7 Å². The predicted molar refractivity (Wildman–Crippen MR) is 116 cm³/mol. The Morgan fingerprint density at radius 2 is 1.84 bits per heavy atom. The number of hydrogen-bond acceptors (Lipinski definition) is 4. The van der Waals surface area contributed by atoms with Crippen LogP contribution in [0.25, 0.3) is 0 Å². The maximum Gasteiger partial charge on any atom is 0.405 e. The minimum Gasteiger partial charge on any atom is -0.465 e. The van der Waals surface area contributed by atoms with E-state index in [-0.39, 0.29) is 23.4 Å². The highest BCUT2D eigenvalue weighted by molar-refractivity contribution is 5.86. The second-order valence-electron chi connectivity index (χ2n) is 10.6. The average molecular weight is 434 g/mol. The average Bonchev–Trinajstić information content (AvgIpc) is 3.14. The van der Waals surface area contributed by atoms with Crippen LogP contribution >= 0.6 is 0 Å². The standard InChI is InChI=1S/C22H35N5O4/c1-21(2,3)13-22(4,5)17(24-19(29)30)18(28)25-9-6-15(7-10-25)26-11-8-16-12-23-14-27(16)20(26)31/h12,14-15,17,24H,6-11,13H2,1-5H3,(H,29,30)/t17-/m0/s1. The normalized spacial score (nSPS) is 19.2. The summed E-state index contributed by atoms with van der Waals surface area (Å²) in [6, 6.07) is -0.799. The summed E-state index contributed by atoms with van der Waals surface area (Å²) < 4.78 is 1.60. The largest absolute Gasteiger partial charge is 0.465 e. The number of piperidine rings is 1. The molecule has 1 atom stereocenters. The lowest BCUT2D eigenvalue weighted by molar-refractivity contribution is -0.138. The molecule has 9 nitrogen and oxygen atoms in total. The predicted octanol–water partition coefficient (Wildman–Crippen LogP) is 2.80. The van der Waals surface area contributed by atoms with Crippen molar-refractivity contribution >= 4 is 18.0 Å². The van der Waals surface area contributed by atoms with E-state index in [1.807, 2.05) is 18.7 Å². The minimum absolute atomic E-state index is 0.0456. The fraction of sp³-hybridized carbons (Fsp3) is 0.727. The third-order valence-corrected chi connectivity index (χ3v) is 6.27. The van der Waals surface area contributed by atoms with Crippen LogP contribution in [0.5, 0.6) is 0 Å². The summed E-state index contributed by atoms with van der Waals surface area (Å²) in [5.41, 5.74) is 0.346. The maximum atomic E-state index is 13.3. The van der Waals surface area contributed by atoms with Gasteiger partial charge in [-0.2, -0.15) is 0 Å². The van der Waals surface area contributed by atoms with Gasteiger partial charge in [0.05, 0.1) is 0 Å². The Labute approximate surface area is 183 Å². The van der Waals surface area contributed by atoms with Crippen molar-refractivity contribution in [1.29, 1.82) is 0 Å². The zero-order valence-corrected chi connectivity index (χ0v) is 19.2. The summed E-state index contributed by atoms with van der Waals surface area (Å²) in [4.78, 5) is 45.3. The zero-order chi connectivity index (χ0) is 23.0. The smallest absolute Gasteiger partial charge is 0.405 e. The SMILES string of the molecule is CC(C)(C)CC(C)(C)[C@@H](NC(=O)O)C(=O)N1CCC(N2CCc3cncn3C2=O)CC1. The van der Waals surface area contributed by atoms with Crippen molar-refractivity contribution in [2.24, 2.45) is 10.8 Å². The molecule has 1 saturated heterocycles. The Balaban J connectivity index is 1.66. The lowest BCUT2D eigenvalue weighted by Crippen LogP contribution is -2.59. The number of nitrogens with one attached hydrogen (secondary N) is 1. The van der Waals surface area contributed by atoms with Crippen LogP contribution in [-0.4, -0.2) is 74.2 Å². The molecule has 2 aliphatic heterocycles. The van der Waals surface area contributed by atoms with Gasteiger partial charge in [-0.25, -0.2) is 14.6 Å². The molecule has 3 amide bonds. The van der Waals surface area contributed by atoms with Gasteiger partial charge in [-0.3, -0.25) is 9.36 Å². The first-order chi connectivity index (χ1) is 14.4. The van der Waals surface area contributed by atoms with Crippen LogP contribution in [0, 0.1) is 10.8 Å². The number of carbonyl (C=O) groups excluding carboxylic acids is 2. The third kappa shape index (κ3) is 5.19. The van der Waals surface area contributed by atoms with E-state index in [9.17, 15) is 19.5 Å². The summed E-state index contributed by atoms with van der Waals surface area (Å²) in [5.74, 6) is -0.183. The van der Waals surface area contributed by atoms with Crippen LogP contribution in [0.2, 0.25) is 0 Å². The summed E-state index contributed by atoms with van der Waals surface area (Å²) in [7, 11) is 0. The van der Waals surface area contributed by atoms with Crippen molar-refractivity contribution in [2.75, 3.05) is 19.6 Å². The van der Waals surface area contributed by atoms with Gasteiger partial charge in [0.1, 0.15) is 12.4 Å². The van der Waals surface area contributed by atoms with Gasteiger partial charge in [0.15, 0.2) is 0 Å². The molecule has 0 aromatic carbocycles. The number of imidazole rings is 1. The topological polar surface area (TPSA) is 108 Å². The highest BCUT2D eigenvalue weighted by Crippen LogP contribution is 2.37. The van der Waals surface area contributed by atoms with Gasteiger partial charge in [-0.1, -0.05) is 34.6 Å². The highest BCUT2D eigenvalue weighted by Gasteiger charge is 2.42. The van der Waals surface area contributed by atoms with E-state index in [2.05, 4.69) is 31.1 Å². The van der Waals surface area contributed by atoms with E-state index in [4.69, 9.17) is 0 Å². The maximum absolute atomic E-state index is 13.3. The molecule has 0 saturated carbocycles. The molecule has 3 rings (SSSR count). The van der Waals surface area contributed by atoms with Crippen LogP contribution in [0.3, 0.4) is 0 Å². The molecule has 2 N–H and O–H groups in total. The number of amides is 3. The van der Waals surface area contributed by atoms with Crippen molar-refractivity contribution < 1.29 is 19.5 Å². The monoisotopic (exact) mass is 433 g/mol. The molecule has 0 radical (unpaired) electrons. The van der Waals surface area contributed by atoms with Gasteiger partial charge in [0, 0.05) is 44.0 Å². The molecule has 9 heteroatoms. The molecule has 31 heavy (non-hydrogen) atoms. The van der Waals surface area contributed by atoms with E-state index in [1.54, 1.807) is 22.0 Å². The van der Waals surface area contributed by atoms with Crippen LogP contribution in [0.1, 0.15) is 59.6 Å². The number of carboxylic acid groups (broad SMARTS) is 1. The molecule has 2 aliphatic rings. The van der Waals surface area contributed by atoms with Gasteiger partial charge in [-0.05, 0) is 30.1 Å². The quantitative estimate of drug-likeness (QED) is 0.742. The molecule has 1 fully saturated rings. The number of nitrogens with zero attached hydrogens (tertiary/aromatic N) is 4. The summed E-state index contributed by atoms with van der Waals surface area (Å²) in [5, 5.41) is 11.8. The van der Waals surface area contributed by atoms with Crippen molar-refractivity contribution in [3.05, 3.63) is 18.2 Å². The van der Waals surface area contributed by atoms with Crippen LogP contribution < -0.4 is 5.32 Å². The first-order valence-corrected chi connectivity index (χ1v) is 11.0. The lowest BCUT2D eigenvalue weighted by Gasteiger charge is -2.43. The molecule has 172 valence electrons. The van der Waals surface area contributed by atoms with E-state index < -0.39 is 17.6 Å². The zero-order valence-electron chi connectivity index (χ0n) is 19.2. The van der Waals surface area contributed by atoms with Crippen molar-refractivity contribution in [2.45, 2.75) is 72.4 Å². The van der Waals surface area contributed by atoms with E-state index in [0.29, 0.717) is 38.9 Å². The van der Waals surface area contributed by atoms with Crippen LogP contribution in [0.15, 0.2) is 12.5 Å². The Hall–Kier alpha value is -2.58. The van der Waals surface area contributed by atoms with Gasteiger partial charge in [0.2, 0.25) is 5.91 Å². The number of fused-ring (bicyclic) bond motifs is 1. The Bertz CT molecular complexity index is 833. The second kappa shape index (κ2) is 8.51. The molecule has 0 spiro atoms. The summed E-state index contributed by atoms with van der Waals surface area (Å²) in [6.45, 7) is 11.8. The molecular formula is C22H35N5O4. The molecule has 0 unspecified atom stereocenters. The lowest BCUT2D eigenvalue weighted by atomic mass is 9.71. The van der Waals surface area contributed by atoms with E-state index in [1.165, 1.54) is 0 Å². The van der Waals surface area contributed by atoms with Crippen LogP contribution in [-0.2, 0) is 11.2 Å². The van der Waals surface area contributed by atoms with Crippen LogP contribution in [0.4, 0.5) is 9.59 Å². The molecular weight excluding hydrogens is 398 g/mol. The van der Waals surface area contributed by atoms with Gasteiger partial charge >= 0.3 is 12.1 Å². The minimum atomic E-state index is -1.19. The number of likely N-dealkylation sites (tertiary alicyclic amines) is 1. The van der Waals surface area contributed by atoms with Crippen molar-refractivity contribution in [3.63, 3.8) is 0 Å². The van der Waals surface area contributed by atoms with Crippen molar-refractivity contribution in [3.8, 4) is 0 Å². The third-order valence-electron chi connectivity index (χ3n) is 6.27. The number of aromatic nitrogens is 2. The molecule has 3 heterocycles. The second-order valence-corrected chi connectivity index (χ2v) is 10.6. The fourth-order valence-corrected chi connectivity index (χ4v) is 5.25. The van der Waals surface area contributed by atoms with Gasteiger partial charge in [-0.15, -0.1) is 0 Å². The number of rotatable bonds is 5.